The van der Waals surface area contributed by atoms with Crippen LogP contribution in [-0.2, 0) is 0 Å². The van der Waals surface area contributed by atoms with Crippen LogP contribution in [0.2, 0.25) is 0 Å². The summed E-state index contributed by atoms with van der Waals surface area (Å²) >= 11 is 0. The molecule has 1 aromatic carbocycles. The van der Waals surface area contributed by atoms with Crippen molar-refractivity contribution >= 4 is 0 Å². The van der Waals surface area contributed by atoms with Gasteiger partial charge in [0.05, 0.1) is 13.2 Å². The summed E-state index contributed by atoms with van der Waals surface area (Å²) in [6.45, 7) is 2.18. The summed E-state index contributed by atoms with van der Waals surface area (Å²) < 4.78 is 18.1. The van der Waals surface area contributed by atoms with Gasteiger partial charge >= 0.3 is 0 Å². The Labute approximate surface area is 80.9 Å². The minimum Gasteiger partial charge on any atom is -0.493 e. The van der Waals surface area contributed by atoms with Crippen LogP contribution in [0.25, 0.3) is 10.4 Å². The Morgan fingerprint density at radius 1 is 1.57 bits per heavy atom. The SMILES string of the molecule is Cc1ccc(OCCN=[N+]=[N-])cc1F. The first-order valence-corrected chi connectivity index (χ1v) is 4.14. The zero-order valence-corrected chi connectivity index (χ0v) is 7.77. The van der Waals surface area contributed by atoms with Crippen LogP contribution in [-0.4, -0.2) is 13.2 Å². The predicted octanol–water partition coefficient (Wildman–Crippen LogP) is 2.82. The molecule has 0 N–H and O–H groups in total. The second-order valence-corrected chi connectivity index (χ2v) is 2.71. The second kappa shape index (κ2) is 5.09. The molecule has 0 spiro atoms. The van der Waals surface area contributed by atoms with E-state index in [1.807, 2.05) is 0 Å². The van der Waals surface area contributed by atoms with Gasteiger partial charge in [-0.2, -0.15) is 0 Å². The average Bonchev–Trinajstić information content (AvgIpc) is 2.18. The predicted molar refractivity (Wildman–Crippen MR) is 50.6 cm³/mol. The van der Waals surface area contributed by atoms with E-state index in [2.05, 4.69) is 10.0 Å². The summed E-state index contributed by atoms with van der Waals surface area (Å²) in [5.41, 5.74) is 8.56. The molecule has 14 heavy (non-hydrogen) atoms. The van der Waals surface area contributed by atoms with Crippen molar-refractivity contribution in [1.29, 1.82) is 0 Å². The maximum absolute atomic E-state index is 13.0. The fourth-order valence-corrected chi connectivity index (χ4v) is 0.912. The molecule has 0 fully saturated rings. The van der Waals surface area contributed by atoms with E-state index in [-0.39, 0.29) is 19.0 Å². The van der Waals surface area contributed by atoms with Gasteiger partial charge in [0.2, 0.25) is 0 Å². The molecule has 0 aliphatic rings. The largest absolute Gasteiger partial charge is 0.493 e. The molecule has 0 amide bonds. The van der Waals surface area contributed by atoms with Crippen molar-refractivity contribution in [3.8, 4) is 5.75 Å². The molecular weight excluding hydrogens is 185 g/mol. The molecule has 5 heteroatoms. The first-order valence-electron chi connectivity index (χ1n) is 4.14. The molecule has 1 rings (SSSR count). The van der Waals surface area contributed by atoms with E-state index in [1.165, 1.54) is 6.07 Å². The quantitative estimate of drug-likeness (QED) is 0.315. The molecule has 0 saturated carbocycles. The van der Waals surface area contributed by atoms with Crippen molar-refractivity contribution in [2.75, 3.05) is 13.2 Å². The summed E-state index contributed by atoms with van der Waals surface area (Å²) in [4.78, 5) is 2.57. The Morgan fingerprint density at radius 3 is 3.00 bits per heavy atom. The Kier molecular flexibility index (Phi) is 3.76. The number of benzene rings is 1. The van der Waals surface area contributed by atoms with Gasteiger partial charge in [-0.15, -0.1) is 0 Å². The highest BCUT2D eigenvalue weighted by atomic mass is 19.1. The standard InChI is InChI=1S/C9H10FN3O/c1-7-2-3-8(6-9(7)10)14-5-4-12-13-11/h2-3,6H,4-5H2,1H3. The molecule has 4 nitrogen and oxygen atoms in total. The van der Waals surface area contributed by atoms with Gasteiger partial charge < -0.3 is 4.74 Å². The van der Waals surface area contributed by atoms with Crippen molar-refractivity contribution in [3.05, 3.63) is 40.0 Å². The summed E-state index contributed by atoms with van der Waals surface area (Å²) in [6.07, 6.45) is 0. The van der Waals surface area contributed by atoms with Gasteiger partial charge in [-0.3, -0.25) is 0 Å². The topological polar surface area (TPSA) is 58.0 Å². The number of ether oxygens (including phenoxy) is 1. The van der Waals surface area contributed by atoms with Crippen molar-refractivity contribution in [2.45, 2.75) is 6.92 Å². The molecular formula is C9H10FN3O. The third-order valence-electron chi connectivity index (χ3n) is 1.67. The van der Waals surface area contributed by atoms with Crippen LogP contribution in [0.1, 0.15) is 5.56 Å². The normalized spacial score (nSPS) is 9.29. The minimum atomic E-state index is -0.300. The summed E-state index contributed by atoms with van der Waals surface area (Å²) in [5, 5.41) is 3.29. The molecule has 0 saturated heterocycles. The van der Waals surface area contributed by atoms with E-state index in [9.17, 15) is 4.39 Å². The number of rotatable bonds is 4. The fourth-order valence-electron chi connectivity index (χ4n) is 0.912. The number of hydrogen-bond donors (Lipinski definition) is 0. The molecule has 0 radical (unpaired) electrons. The third kappa shape index (κ3) is 2.95. The Balaban J connectivity index is 2.51. The number of aryl methyl sites for hydroxylation is 1. The van der Waals surface area contributed by atoms with Crippen LogP contribution >= 0.6 is 0 Å². The lowest BCUT2D eigenvalue weighted by molar-refractivity contribution is 0.326. The van der Waals surface area contributed by atoms with Gasteiger partial charge in [0.1, 0.15) is 11.6 Å². The van der Waals surface area contributed by atoms with Crippen molar-refractivity contribution in [1.82, 2.24) is 0 Å². The minimum absolute atomic E-state index is 0.242. The Bertz CT molecular complexity index is 361. The first kappa shape index (κ1) is 10.3. The van der Waals surface area contributed by atoms with E-state index in [0.717, 1.165) is 0 Å². The molecule has 0 heterocycles. The van der Waals surface area contributed by atoms with E-state index < -0.39 is 0 Å². The second-order valence-electron chi connectivity index (χ2n) is 2.71. The van der Waals surface area contributed by atoms with Crippen LogP contribution in [0, 0.1) is 12.7 Å². The lowest BCUT2D eigenvalue weighted by atomic mass is 10.2. The lowest BCUT2D eigenvalue weighted by Crippen LogP contribution is -2.00. The maximum Gasteiger partial charge on any atom is 0.129 e. The van der Waals surface area contributed by atoms with Crippen molar-refractivity contribution in [2.24, 2.45) is 5.11 Å². The number of nitrogens with zero attached hydrogens (tertiary/aromatic N) is 3. The van der Waals surface area contributed by atoms with Gasteiger partial charge in [0.15, 0.2) is 0 Å². The highest BCUT2D eigenvalue weighted by Gasteiger charge is 1.99. The van der Waals surface area contributed by atoms with Crippen LogP contribution in [0.5, 0.6) is 5.75 Å². The fraction of sp³-hybridized carbons (Fsp3) is 0.333. The highest BCUT2D eigenvalue weighted by Crippen LogP contribution is 2.15. The third-order valence-corrected chi connectivity index (χ3v) is 1.67. The zero-order chi connectivity index (χ0) is 10.4. The van der Waals surface area contributed by atoms with E-state index in [1.54, 1.807) is 19.1 Å². The maximum atomic E-state index is 13.0. The van der Waals surface area contributed by atoms with E-state index in [4.69, 9.17) is 10.3 Å². The molecule has 0 atom stereocenters. The van der Waals surface area contributed by atoms with Gasteiger partial charge in [-0.25, -0.2) is 4.39 Å². The molecule has 0 bridgehead atoms. The number of azide groups is 1. The van der Waals surface area contributed by atoms with Crippen LogP contribution < -0.4 is 4.74 Å². The van der Waals surface area contributed by atoms with Gasteiger partial charge in [0, 0.05) is 11.0 Å². The highest BCUT2D eigenvalue weighted by molar-refractivity contribution is 5.27. The average molecular weight is 195 g/mol. The molecule has 74 valence electrons. The molecule has 0 aliphatic heterocycles. The first-order chi connectivity index (χ1) is 6.74. The summed E-state index contributed by atoms with van der Waals surface area (Å²) in [7, 11) is 0. The van der Waals surface area contributed by atoms with Gasteiger partial charge in [-0.05, 0) is 24.1 Å². The van der Waals surface area contributed by atoms with Crippen LogP contribution in [0.3, 0.4) is 0 Å². The zero-order valence-electron chi connectivity index (χ0n) is 7.77. The molecule has 0 unspecified atom stereocenters. The van der Waals surface area contributed by atoms with Gasteiger partial charge in [0.25, 0.3) is 0 Å². The Hall–Kier alpha value is -1.74. The number of halogens is 1. The number of hydrogen-bond acceptors (Lipinski definition) is 2. The van der Waals surface area contributed by atoms with Crippen LogP contribution in [0.4, 0.5) is 4.39 Å². The monoisotopic (exact) mass is 195 g/mol. The molecule has 0 aromatic heterocycles. The van der Waals surface area contributed by atoms with E-state index in [0.29, 0.717) is 11.3 Å². The Morgan fingerprint density at radius 2 is 2.36 bits per heavy atom. The summed E-state index contributed by atoms with van der Waals surface area (Å²) in [5.74, 6) is 0.146. The molecule has 0 aliphatic carbocycles. The van der Waals surface area contributed by atoms with Crippen molar-refractivity contribution in [3.63, 3.8) is 0 Å². The summed E-state index contributed by atoms with van der Waals surface area (Å²) in [6, 6.07) is 4.62. The lowest BCUT2D eigenvalue weighted by Gasteiger charge is -2.04. The molecule has 1 aromatic rings. The van der Waals surface area contributed by atoms with Crippen molar-refractivity contribution < 1.29 is 9.13 Å². The van der Waals surface area contributed by atoms with Crippen LogP contribution in [0.15, 0.2) is 23.3 Å². The van der Waals surface area contributed by atoms with Gasteiger partial charge in [-0.1, -0.05) is 11.2 Å². The van der Waals surface area contributed by atoms with E-state index >= 15 is 0 Å². The smallest absolute Gasteiger partial charge is 0.129 e.